The summed E-state index contributed by atoms with van der Waals surface area (Å²) >= 11 is 0. The van der Waals surface area contributed by atoms with Gasteiger partial charge in [-0.05, 0) is 86.9 Å². The minimum atomic E-state index is 0.265. The van der Waals surface area contributed by atoms with Gasteiger partial charge >= 0.3 is 0 Å². The van der Waals surface area contributed by atoms with Crippen LogP contribution in [-0.4, -0.2) is 18.2 Å². The van der Waals surface area contributed by atoms with Crippen molar-refractivity contribution in [3.05, 3.63) is 0 Å². The summed E-state index contributed by atoms with van der Waals surface area (Å²) in [6, 6.07) is 0.578. The van der Waals surface area contributed by atoms with E-state index >= 15 is 0 Å². The monoisotopic (exact) mass is 276 g/mol. The zero-order chi connectivity index (χ0) is 13.3. The molecule has 3 nitrogen and oxygen atoms in total. The highest BCUT2D eigenvalue weighted by Crippen LogP contribution is 2.71. The molecular weight excluding hydrogens is 248 g/mol. The second-order valence-corrected chi connectivity index (χ2v) is 8.40. The summed E-state index contributed by atoms with van der Waals surface area (Å²) in [5, 5.41) is 0. The number of ether oxygens (including phenoxy) is 1. The second-order valence-electron chi connectivity index (χ2n) is 8.40. The number of nitrogens with one attached hydrogen (secondary N) is 1. The Morgan fingerprint density at radius 3 is 2.45 bits per heavy atom. The fourth-order valence-corrected chi connectivity index (χ4v) is 6.73. The fraction of sp³-hybridized carbons (Fsp3) is 1.00. The third-order valence-corrected chi connectivity index (χ3v) is 7.71. The summed E-state index contributed by atoms with van der Waals surface area (Å²) in [4.78, 5) is 0. The zero-order valence-electron chi connectivity index (χ0n) is 12.4. The third kappa shape index (κ3) is 1.57. The lowest BCUT2D eigenvalue weighted by molar-refractivity contribution is -0.148. The Balaban J connectivity index is 1.32. The summed E-state index contributed by atoms with van der Waals surface area (Å²) in [7, 11) is 0. The number of fused-ring (bicyclic) bond motifs is 5. The molecule has 2 bridgehead atoms. The van der Waals surface area contributed by atoms with E-state index in [1.165, 1.54) is 44.9 Å². The van der Waals surface area contributed by atoms with Crippen molar-refractivity contribution in [2.24, 2.45) is 41.4 Å². The number of hydrogen-bond acceptors (Lipinski definition) is 3. The molecule has 4 saturated carbocycles. The lowest BCUT2D eigenvalue weighted by atomic mass is 9.69. The van der Waals surface area contributed by atoms with Gasteiger partial charge in [-0.15, -0.1) is 0 Å². The lowest BCUT2D eigenvalue weighted by Gasteiger charge is -2.49. The van der Waals surface area contributed by atoms with E-state index in [0.29, 0.717) is 6.04 Å². The molecule has 3 heteroatoms. The topological polar surface area (TPSA) is 47.3 Å². The van der Waals surface area contributed by atoms with Crippen LogP contribution in [0.3, 0.4) is 0 Å². The molecular formula is C17H28N2O. The van der Waals surface area contributed by atoms with Crippen molar-refractivity contribution in [3.8, 4) is 0 Å². The molecule has 6 unspecified atom stereocenters. The average Bonchev–Trinajstić information content (AvgIpc) is 2.86. The minimum Gasteiger partial charge on any atom is -0.375 e. The minimum absolute atomic E-state index is 0.265. The SMILES string of the molecule is NNC(C1CCOC2(CCC2)C1)C1C2C3CCC(C3)C21. The Kier molecular flexibility index (Phi) is 2.61. The first kappa shape index (κ1) is 12.4. The van der Waals surface area contributed by atoms with Gasteiger partial charge < -0.3 is 4.74 Å². The van der Waals surface area contributed by atoms with Crippen molar-refractivity contribution in [2.45, 2.75) is 63.0 Å². The van der Waals surface area contributed by atoms with Crippen LogP contribution in [0.4, 0.5) is 0 Å². The molecule has 0 aromatic carbocycles. The third-order valence-electron chi connectivity index (χ3n) is 7.71. The largest absolute Gasteiger partial charge is 0.375 e. The van der Waals surface area contributed by atoms with Crippen LogP contribution in [0.25, 0.3) is 0 Å². The van der Waals surface area contributed by atoms with Crippen LogP contribution in [0, 0.1) is 35.5 Å². The van der Waals surface area contributed by atoms with Gasteiger partial charge in [0.25, 0.3) is 0 Å². The Morgan fingerprint density at radius 2 is 1.85 bits per heavy atom. The fourth-order valence-electron chi connectivity index (χ4n) is 6.73. The van der Waals surface area contributed by atoms with E-state index in [2.05, 4.69) is 5.43 Å². The normalized spacial score (nSPS) is 52.6. The Labute approximate surface area is 122 Å². The summed E-state index contributed by atoms with van der Waals surface area (Å²) in [6.07, 6.45) is 11.0. The number of hydrazine groups is 1. The molecule has 1 spiro atoms. The summed E-state index contributed by atoms with van der Waals surface area (Å²) in [5.74, 6) is 11.9. The highest BCUT2D eigenvalue weighted by molar-refractivity contribution is 5.16. The van der Waals surface area contributed by atoms with Crippen LogP contribution in [0.5, 0.6) is 0 Å². The van der Waals surface area contributed by atoms with E-state index in [4.69, 9.17) is 10.6 Å². The van der Waals surface area contributed by atoms with Crippen molar-refractivity contribution in [1.82, 2.24) is 5.43 Å². The first-order valence-electron chi connectivity index (χ1n) is 8.91. The van der Waals surface area contributed by atoms with E-state index in [0.717, 1.165) is 42.1 Å². The van der Waals surface area contributed by atoms with E-state index < -0.39 is 0 Å². The highest BCUT2D eigenvalue weighted by Gasteiger charge is 2.67. The van der Waals surface area contributed by atoms with Gasteiger partial charge in [0.05, 0.1) is 5.60 Å². The van der Waals surface area contributed by atoms with E-state index in [-0.39, 0.29) is 5.60 Å². The lowest BCUT2D eigenvalue weighted by Crippen LogP contribution is -2.52. The van der Waals surface area contributed by atoms with Gasteiger partial charge in [-0.2, -0.15) is 0 Å². The van der Waals surface area contributed by atoms with Crippen LogP contribution in [0.1, 0.15) is 51.4 Å². The average molecular weight is 276 g/mol. The molecule has 0 aromatic rings. The maximum absolute atomic E-state index is 6.11. The van der Waals surface area contributed by atoms with Crippen LogP contribution in [-0.2, 0) is 4.74 Å². The summed E-state index contributed by atoms with van der Waals surface area (Å²) in [6.45, 7) is 0.970. The van der Waals surface area contributed by atoms with Crippen molar-refractivity contribution in [3.63, 3.8) is 0 Å². The summed E-state index contributed by atoms with van der Waals surface area (Å²) < 4.78 is 6.11. The van der Waals surface area contributed by atoms with Crippen molar-refractivity contribution in [2.75, 3.05) is 6.61 Å². The number of hydrogen-bond donors (Lipinski definition) is 2. The van der Waals surface area contributed by atoms with Crippen LogP contribution in [0.2, 0.25) is 0 Å². The van der Waals surface area contributed by atoms with E-state index in [9.17, 15) is 0 Å². The van der Waals surface area contributed by atoms with Gasteiger partial charge in [-0.25, -0.2) is 0 Å². The van der Waals surface area contributed by atoms with Gasteiger partial charge in [0.2, 0.25) is 0 Å². The highest BCUT2D eigenvalue weighted by atomic mass is 16.5. The molecule has 1 saturated heterocycles. The molecule has 1 aliphatic heterocycles. The van der Waals surface area contributed by atoms with E-state index in [1.54, 1.807) is 6.42 Å². The number of nitrogens with two attached hydrogens (primary N) is 1. The van der Waals surface area contributed by atoms with Gasteiger partial charge in [0.15, 0.2) is 0 Å². The molecule has 0 amide bonds. The molecule has 1 heterocycles. The molecule has 3 N–H and O–H groups in total. The van der Waals surface area contributed by atoms with Crippen molar-refractivity contribution in [1.29, 1.82) is 0 Å². The second kappa shape index (κ2) is 4.21. The predicted octanol–water partition coefficient (Wildman–Crippen LogP) is 2.46. The molecule has 0 aromatic heterocycles. The van der Waals surface area contributed by atoms with Crippen LogP contribution < -0.4 is 11.3 Å². The standard InChI is InChI=1S/C17H28N2O/c18-19-16(12-4-7-20-17(9-12)5-1-6-17)15-13-10-2-3-11(8-10)14(13)15/h10-16,19H,1-9,18H2. The maximum atomic E-state index is 6.11. The van der Waals surface area contributed by atoms with Gasteiger partial charge in [0, 0.05) is 12.6 Å². The molecule has 5 fully saturated rings. The van der Waals surface area contributed by atoms with Gasteiger partial charge in [0.1, 0.15) is 0 Å². The molecule has 6 atom stereocenters. The van der Waals surface area contributed by atoms with Crippen molar-refractivity contribution >= 4 is 0 Å². The number of rotatable bonds is 3. The molecule has 20 heavy (non-hydrogen) atoms. The van der Waals surface area contributed by atoms with Crippen molar-refractivity contribution < 1.29 is 4.74 Å². The molecule has 4 aliphatic carbocycles. The van der Waals surface area contributed by atoms with E-state index in [1.807, 2.05) is 0 Å². The predicted molar refractivity (Wildman–Crippen MR) is 77.7 cm³/mol. The molecule has 5 aliphatic rings. The Bertz CT molecular complexity index is 392. The summed E-state index contributed by atoms with van der Waals surface area (Å²) in [5.41, 5.74) is 3.53. The van der Waals surface area contributed by atoms with Crippen LogP contribution >= 0.6 is 0 Å². The Morgan fingerprint density at radius 1 is 1.10 bits per heavy atom. The quantitative estimate of drug-likeness (QED) is 0.615. The van der Waals surface area contributed by atoms with Crippen LogP contribution in [0.15, 0.2) is 0 Å². The molecule has 112 valence electrons. The smallest absolute Gasteiger partial charge is 0.0685 e. The Hall–Kier alpha value is -0.120. The zero-order valence-corrected chi connectivity index (χ0v) is 12.4. The molecule has 5 rings (SSSR count). The first-order valence-corrected chi connectivity index (χ1v) is 8.91. The first-order chi connectivity index (χ1) is 9.81. The van der Waals surface area contributed by atoms with Gasteiger partial charge in [-0.1, -0.05) is 0 Å². The molecule has 0 radical (unpaired) electrons. The maximum Gasteiger partial charge on any atom is 0.0685 e. The van der Waals surface area contributed by atoms with Gasteiger partial charge in [-0.3, -0.25) is 11.3 Å².